The Morgan fingerprint density at radius 2 is 1.81 bits per heavy atom. The van der Waals surface area contributed by atoms with Crippen molar-refractivity contribution in [3.05, 3.63) is 34.2 Å². The predicted molar refractivity (Wildman–Crippen MR) is 69.7 cm³/mol. The molecule has 0 amide bonds. The number of nitrogens with zero attached hydrogens (tertiary/aromatic N) is 1. The van der Waals surface area contributed by atoms with E-state index in [1.165, 1.54) is 0 Å². The lowest BCUT2D eigenvalue weighted by Gasteiger charge is -2.27. The van der Waals surface area contributed by atoms with Crippen LogP contribution in [0.5, 0.6) is 0 Å². The van der Waals surface area contributed by atoms with Crippen LogP contribution in [0.3, 0.4) is 0 Å². The van der Waals surface area contributed by atoms with Gasteiger partial charge >= 0.3 is 0 Å². The summed E-state index contributed by atoms with van der Waals surface area (Å²) in [5.41, 5.74) is 0.830. The van der Waals surface area contributed by atoms with E-state index in [4.69, 9.17) is 0 Å². The summed E-state index contributed by atoms with van der Waals surface area (Å²) >= 11 is 0. The van der Waals surface area contributed by atoms with Crippen LogP contribution >= 0.6 is 0 Å². The molecule has 3 nitrogen and oxygen atoms in total. The Hall–Kier alpha value is -1.09. The van der Waals surface area contributed by atoms with Gasteiger partial charge in [-0.3, -0.25) is 9.69 Å². The van der Waals surface area contributed by atoms with Crippen molar-refractivity contribution in [3.8, 4) is 0 Å². The number of pyridine rings is 1. The molecule has 0 aliphatic heterocycles. The molecule has 0 aliphatic carbocycles. The molecule has 0 bridgehead atoms. The molecule has 0 fully saturated rings. The third kappa shape index (κ3) is 3.81. The number of rotatable bonds is 3. The van der Waals surface area contributed by atoms with Crippen LogP contribution in [0.2, 0.25) is 0 Å². The topological polar surface area (TPSA) is 36.1 Å². The fraction of sp³-hybridized carbons (Fsp3) is 0.615. The van der Waals surface area contributed by atoms with Crippen LogP contribution in [-0.4, -0.2) is 23.0 Å². The second-order valence-electron chi connectivity index (χ2n) is 3.89. The van der Waals surface area contributed by atoms with Crippen LogP contribution in [0.15, 0.2) is 23.1 Å². The quantitative estimate of drug-likeness (QED) is 0.857. The monoisotopic (exact) mass is 224 g/mol. The van der Waals surface area contributed by atoms with Crippen LogP contribution in [0.1, 0.15) is 46.2 Å². The van der Waals surface area contributed by atoms with E-state index in [1.807, 2.05) is 40.0 Å². The van der Waals surface area contributed by atoms with Crippen molar-refractivity contribution in [3.63, 3.8) is 0 Å². The molecule has 0 spiro atoms. The van der Waals surface area contributed by atoms with Gasteiger partial charge in [0.1, 0.15) is 0 Å². The van der Waals surface area contributed by atoms with Crippen LogP contribution in [0.25, 0.3) is 0 Å². The van der Waals surface area contributed by atoms with Gasteiger partial charge in [-0.05, 0) is 33.9 Å². The molecule has 1 unspecified atom stereocenters. The van der Waals surface area contributed by atoms with E-state index in [0.29, 0.717) is 6.04 Å². The van der Waals surface area contributed by atoms with Gasteiger partial charge in [-0.1, -0.05) is 19.9 Å². The highest BCUT2D eigenvalue weighted by Gasteiger charge is 2.16. The second kappa shape index (κ2) is 7.23. The number of aromatic amines is 1. The molecule has 0 aromatic carbocycles. The van der Waals surface area contributed by atoms with Crippen molar-refractivity contribution in [1.82, 2.24) is 9.88 Å². The highest BCUT2D eigenvalue weighted by Crippen LogP contribution is 2.16. The summed E-state index contributed by atoms with van der Waals surface area (Å²) in [5.74, 6) is 0. The molecule has 3 heteroatoms. The van der Waals surface area contributed by atoms with Crippen molar-refractivity contribution in [2.24, 2.45) is 0 Å². The van der Waals surface area contributed by atoms with Gasteiger partial charge in [-0.15, -0.1) is 0 Å². The predicted octanol–water partition coefficient (Wildman–Crippen LogP) is 2.80. The third-order valence-corrected chi connectivity index (χ3v) is 2.72. The first kappa shape index (κ1) is 14.9. The zero-order valence-corrected chi connectivity index (χ0v) is 11.2. The maximum atomic E-state index is 11.5. The third-order valence-electron chi connectivity index (χ3n) is 2.72. The number of H-pyrrole nitrogens is 1. The fourth-order valence-electron chi connectivity index (χ4n) is 1.43. The second-order valence-corrected chi connectivity index (χ2v) is 3.89. The summed E-state index contributed by atoms with van der Waals surface area (Å²) in [7, 11) is 2.03. The first-order valence-electron chi connectivity index (χ1n) is 5.93. The summed E-state index contributed by atoms with van der Waals surface area (Å²) in [6, 6.07) is 4.33. The lowest BCUT2D eigenvalue weighted by molar-refractivity contribution is 0.209. The van der Waals surface area contributed by atoms with Crippen LogP contribution in [0, 0.1) is 0 Å². The van der Waals surface area contributed by atoms with E-state index in [2.05, 4.69) is 23.7 Å². The zero-order valence-electron chi connectivity index (χ0n) is 11.2. The van der Waals surface area contributed by atoms with Crippen LogP contribution in [0.4, 0.5) is 0 Å². The Morgan fingerprint density at radius 1 is 1.25 bits per heavy atom. The fourth-order valence-corrected chi connectivity index (χ4v) is 1.43. The largest absolute Gasteiger partial charge is 0.329 e. The molecular formula is C13H24N2O. The molecule has 1 N–H and O–H groups in total. The summed E-state index contributed by atoms with van der Waals surface area (Å²) in [6.07, 6.45) is 1.66. The first-order valence-corrected chi connectivity index (χ1v) is 5.93. The highest BCUT2D eigenvalue weighted by molar-refractivity contribution is 5.13. The van der Waals surface area contributed by atoms with Gasteiger partial charge in [0.25, 0.3) is 5.56 Å². The minimum absolute atomic E-state index is 0.00694. The van der Waals surface area contributed by atoms with E-state index < -0.39 is 0 Å². The number of aromatic nitrogens is 1. The minimum Gasteiger partial charge on any atom is -0.329 e. The van der Waals surface area contributed by atoms with Gasteiger partial charge in [0.2, 0.25) is 0 Å². The average molecular weight is 224 g/mol. The van der Waals surface area contributed by atoms with Crippen molar-refractivity contribution in [2.75, 3.05) is 7.05 Å². The molecule has 1 heterocycles. The van der Waals surface area contributed by atoms with Crippen molar-refractivity contribution in [1.29, 1.82) is 0 Å². The summed E-state index contributed by atoms with van der Waals surface area (Å²) in [4.78, 5) is 16.4. The van der Waals surface area contributed by atoms with Gasteiger partial charge < -0.3 is 4.98 Å². The number of hydrogen-bond acceptors (Lipinski definition) is 2. The number of hydrogen-bond donors (Lipinski definition) is 1. The Morgan fingerprint density at radius 3 is 2.25 bits per heavy atom. The Bertz CT molecular complexity index is 344. The summed E-state index contributed by atoms with van der Waals surface area (Å²) < 4.78 is 0. The zero-order chi connectivity index (χ0) is 12.7. The average Bonchev–Trinajstić information content (AvgIpc) is 2.30. The van der Waals surface area contributed by atoms with Crippen molar-refractivity contribution < 1.29 is 0 Å². The minimum atomic E-state index is 0.00694. The normalized spacial score (nSPS) is 12.2. The summed E-state index contributed by atoms with van der Waals surface area (Å²) in [5, 5.41) is 0. The van der Waals surface area contributed by atoms with Gasteiger partial charge in [0, 0.05) is 23.8 Å². The van der Waals surface area contributed by atoms with Crippen molar-refractivity contribution in [2.45, 2.75) is 46.7 Å². The van der Waals surface area contributed by atoms with Gasteiger partial charge in [0.05, 0.1) is 0 Å². The summed E-state index contributed by atoms with van der Waals surface area (Å²) in [6.45, 7) is 10.3. The van der Waals surface area contributed by atoms with E-state index in [9.17, 15) is 4.79 Å². The molecule has 92 valence electrons. The Balaban J connectivity index is 0.00000106. The SMILES string of the molecule is CC.CC(C)N(C)C(C)c1ccc[nH]c1=O. The standard InChI is InChI=1S/C11H18N2O.C2H6/c1-8(2)13(4)9(3)10-6-5-7-12-11(10)14;1-2/h5-9H,1-4H3,(H,12,14);1-2H3. The smallest absolute Gasteiger partial charge is 0.252 e. The molecule has 1 rings (SSSR count). The molecule has 16 heavy (non-hydrogen) atoms. The van der Waals surface area contributed by atoms with Crippen LogP contribution < -0.4 is 5.56 Å². The van der Waals surface area contributed by atoms with E-state index in [-0.39, 0.29) is 11.6 Å². The van der Waals surface area contributed by atoms with Crippen molar-refractivity contribution >= 4 is 0 Å². The molecule has 1 aromatic rings. The molecule has 0 saturated heterocycles. The molecule has 0 radical (unpaired) electrons. The van der Waals surface area contributed by atoms with E-state index >= 15 is 0 Å². The van der Waals surface area contributed by atoms with Gasteiger partial charge in [0.15, 0.2) is 0 Å². The van der Waals surface area contributed by atoms with E-state index in [1.54, 1.807) is 6.20 Å². The lowest BCUT2D eigenvalue weighted by atomic mass is 10.1. The van der Waals surface area contributed by atoms with Crippen LogP contribution in [-0.2, 0) is 0 Å². The maximum absolute atomic E-state index is 11.5. The maximum Gasteiger partial charge on any atom is 0.252 e. The lowest BCUT2D eigenvalue weighted by Crippen LogP contribution is -2.32. The van der Waals surface area contributed by atoms with Gasteiger partial charge in [-0.2, -0.15) is 0 Å². The molecule has 0 saturated carbocycles. The van der Waals surface area contributed by atoms with E-state index in [0.717, 1.165) is 5.56 Å². The Kier molecular flexibility index (Phi) is 6.74. The molecule has 1 aromatic heterocycles. The first-order chi connectivity index (χ1) is 7.54. The van der Waals surface area contributed by atoms with Gasteiger partial charge in [-0.25, -0.2) is 0 Å². The Labute approximate surface area is 98.5 Å². The molecule has 1 atom stereocenters. The number of nitrogens with one attached hydrogen (secondary N) is 1. The molecule has 0 aliphatic rings. The molecular weight excluding hydrogens is 200 g/mol. The highest BCUT2D eigenvalue weighted by atomic mass is 16.1.